The molecule has 21 heavy (non-hydrogen) atoms. The number of benzene rings is 1. The van der Waals surface area contributed by atoms with E-state index in [-0.39, 0.29) is 12.2 Å². The van der Waals surface area contributed by atoms with Crippen molar-refractivity contribution < 1.29 is 13.2 Å². The first kappa shape index (κ1) is 14.8. The van der Waals surface area contributed by atoms with Gasteiger partial charge in [-0.1, -0.05) is 6.07 Å². The maximum absolute atomic E-state index is 13.0. The van der Waals surface area contributed by atoms with Gasteiger partial charge in [-0.15, -0.1) is 0 Å². The van der Waals surface area contributed by atoms with Gasteiger partial charge in [0.25, 0.3) is 0 Å². The summed E-state index contributed by atoms with van der Waals surface area (Å²) in [5, 5.41) is 3.29. The lowest BCUT2D eigenvalue weighted by atomic mass is 10.0. The van der Waals surface area contributed by atoms with E-state index in [1.165, 1.54) is 0 Å². The van der Waals surface area contributed by atoms with Crippen LogP contribution in [0.5, 0.6) is 0 Å². The Morgan fingerprint density at radius 1 is 1.24 bits per heavy atom. The van der Waals surface area contributed by atoms with Gasteiger partial charge in [0.05, 0.1) is 17.1 Å². The topological polar surface area (TPSA) is 58.6 Å². The van der Waals surface area contributed by atoms with Crippen LogP contribution < -0.4 is 5.32 Å². The van der Waals surface area contributed by atoms with Gasteiger partial charge in [-0.3, -0.25) is 0 Å². The van der Waals surface area contributed by atoms with Gasteiger partial charge in [0.1, 0.15) is 0 Å². The molecule has 0 amide bonds. The average molecular weight is 310 g/mol. The van der Waals surface area contributed by atoms with Crippen LogP contribution in [0.1, 0.15) is 25.8 Å². The van der Waals surface area contributed by atoms with Crippen molar-refractivity contribution in [2.45, 2.75) is 43.8 Å². The maximum atomic E-state index is 13.0. The SMILES string of the molecule is CC1CN(S(=O)(=O)c2cccc3c2CCCN3)CC(C)O1. The predicted octanol–water partition coefficient (Wildman–Crippen LogP) is 1.84. The van der Waals surface area contributed by atoms with Crippen LogP contribution >= 0.6 is 0 Å². The Labute approximate surface area is 126 Å². The van der Waals surface area contributed by atoms with Crippen molar-refractivity contribution in [3.63, 3.8) is 0 Å². The summed E-state index contributed by atoms with van der Waals surface area (Å²) in [6.07, 6.45) is 1.64. The van der Waals surface area contributed by atoms with E-state index in [4.69, 9.17) is 4.74 Å². The molecule has 0 saturated carbocycles. The van der Waals surface area contributed by atoms with E-state index in [1.807, 2.05) is 26.0 Å². The van der Waals surface area contributed by atoms with E-state index in [2.05, 4.69) is 5.32 Å². The molecule has 1 fully saturated rings. The monoisotopic (exact) mass is 310 g/mol. The van der Waals surface area contributed by atoms with Crippen LogP contribution in [0, 0.1) is 0 Å². The van der Waals surface area contributed by atoms with Gasteiger partial charge in [-0.25, -0.2) is 8.42 Å². The third kappa shape index (κ3) is 2.80. The summed E-state index contributed by atoms with van der Waals surface area (Å²) in [4.78, 5) is 0.452. The summed E-state index contributed by atoms with van der Waals surface area (Å²) in [5.74, 6) is 0. The number of anilines is 1. The van der Waals surface area contributed by atoms with Gasteiger partial charge in [0.15, 0.2) is 0 Å². The second-order valence-corrected chi connectivity index (χ2v) is 7.80. The fraction of sp³-hybridized carbons (Fsp3) is 0.600. The van der Waals surface area contributed by atoms with Crippen molar-refractivity contribution in [3.8, 4) is 0 Å². The fourth-order valence-electron chi connectivity index (χ4n) is 3.19. The number of ether oxygens (including phenoxy) is 1. The van der Waals surface area contributed by atoms with E-state index in [0.717, 1.165) is 30.6 Å². The van der Waals surface area contributed by atoms with E-state index in [1.54, 1.807) is 10.4 Å². The molecule has 0 radical (unpaired) electrons. The molecule has 2 aliphatic rings. The van der Waals surface area contributed by atoms with Crippen LogP contribution in [-0.4, -0.2) is 44.6 Å². The van der Waals surface area contributed by atoms with Crippen LogP contribution in [0.4, 0.5) is 5.69 Å². The third-order valence-corrected chi connectivity index (χ3v) is 5.97. The summed E-state index contributed by atoms with van der Waals surface area (Å²) in [6.45, 7) is 5.58. The van der Waals surface area contributed by atoms with Crippen molar-refractivity contribution in [2.75, 3.05) is 25.0 Å². The molecule has 116 valence electrons. The quantitative estimate of drug-likeness (QED) is 0.905. The molecule has 5 nitrogen and oxygen atoms in total. The van der Waals surface area contributed by atoms with E-state index >= 15 is 0 Å². The number of fused-ring (bicyclic) bond motifs is 1. The highest BCUT2D eigenvalue weighted by atomic mass is 32.2. The van der Waals surface area contributed by atoms with Crippen LogP contribution in [0.25, 0.3) is 0 Å². The Bertz CT molecular complexity index is 620. The van der Waals surface area contributed by atoms with Gasteiger partial charge >= 0.3 is 0 Å². The number of sulfonamides is 1. The summed E-state index contributed by atoms with van der Waals surface area (Å²) in [6, 6.07) is 5.50. The van der Waals surface area contributed by atoms with Crippen LogP contribution in [0.2, 0.25) is 0 Å². The zero-order valence-corrected chi connectivity index (χ0v) is 13.3. The van der Waals surface area contributed by atoms with Crippen LogP contribution in [0.15, 0.2) is 23.1 Å². The number of nitrogens with one attached hydrogen (secondary N) is 1. The lowest BCUT2D eigenvalue weighted by molar-refractivity contribution is -0.0441. The Balaban J connectivity index is 1.99. The molecule has 2 unspecified atom stereocenters. The Morgan fingerprint density at radius 3 is 2.67 bits per heavy atom. The molecule has 2 atom stereocenters. The largest absolute Gasteiger partial charge is 0.385 e. The second-order valence-electron chi connectivity index (χ2n) is 5.89. The highest BCUT2D eigenvalue weighted by Crippen LogP contribution is 2.31. The fourth-order valence-corrected chi connectivity index (χ4v) is 5.05. The first-order chi connectivity index (χ1) is 9.98. The zero-order valence-electron chi connectivity index (χ0n) is 12.5. The normalized spacial score (nSPS) is 27.0. The van der Waals surface area contributed by atoms with Gasteiger partial charge < -0.3 is 10.1 Å². The van der Waals surface area contributed by atoms with E-state index < -0.39 is 10.0 Å². The molecule has 1 N–H and O–H groups in total. The van der Waals surface area contributed by atoms with Crippen molar-refractivity contribution in [1.82, 2.24) is 4.31 Å². The van der Waals surface area contributed by atoms with Crippen molar-refractivity contribution in [3.05, 3.63) is 23.8 Å². The van der Waals surface area contributed by atoms with E-state index in [9.17, 15) is 8.42 Å². The standard InChI is InChI=1S/C15H22N2O3S/c1-11-9-17(10-12(2)20-11)21(18,19)15-7-3-6-14-13(15)5-4-8-16-14/h3,6-7,11-12,16H,4-5,8-10H2,1-2H3. The molecule has 6 heteroatoms. The smallest absolute Gasteiger partial charge is 0.243 e. The van der Waals surface area contributed by atoms with Gasteiger partial charge in [0.2, 0.25) is 10.0 Å². The van der Waals surface area contributed by atoms with Crippen LogP contribution in [-0.2, 0) is 21.2 Å². The van der Waals surface area contributed by atoms with Crippen molar-refractivity contribution >= 4 is 15.7 Å². The lowest BCUT2D eigenvalue weighted by Crippen LogP contribution is -2.48. The molecule has 3 rings (SSSR count). The molecule has 2 aliphatic heterocycles. The molecule has 0 bridgehead atoms. The number of morpholine rings is 1. The molecule has 0 aliphatic carbocycles. The number of rotatable bonds is 2. The first-order valence-corrected chi connectivity index (χ1v) is 8.94. The van der Waals surface area contributed by atoms with Gasteiger partial charge in [-0.05, 0) is 44.4 Å². The molecule has 1 aromatic carbocycles. The van der Waals surface area contributed by atoms with Crippen molar-refractivity contribution in [1.29, 1.82) is 0 Å². The summed E-state index contributed by atoms with van der Waals surface area (Å²) >= 11 is 0. The predicted molar refractivity (Wildman–Crippen MR) is 82.0 cm³/mol. The highest BCUT2D eigenvalue weighted by Gasteiger charge is 2.34. The molecule has 1 aromatic rings. The third-order valence-electron chi connectivity index (χ3n) is 4.06. The number of hydrogen-bond acceptors (Lipinski definition) is 4. The van der Waals surface area contributed by atoms with Gasteiger partial charge in [0, 0.05) is 25.3 Å². The molecule has 0 aromatic heterocycles. The minimum Gasteiger partial charge on any atom is -0.385 e. The Kier molecular flexibility index (Phi) is 3.94. The summed E-state index contributed by atoms with van der Waals surface area (Å²) in [7, 11) is -3.46. The van der Waals surface area contributed by atoms with Crippen molar-refractivity contribution in [2.24, 2.45) is 0 Å². The number of nitrogens with zero attached hydrogens (tertiary/aromatic N) is 1. The van der Waals surface area contributed by atoms with Crippen LogP contribution in [0.3, 0.4) is 0 Å². The summed E-state index contributed by atoms with van der Waals surface area (Å²) in [5.41, 5.74) is 1.88. The van der Waals surface area contributed by atoms with E-state index in [0.29, 0.717) is 18.0 Å². The second kappa shape index (κ2) is 5.59. The molecule has 1 saturated heterocycles. The Hall–Kier alpha value is -1.11. The van der Waals surface area contributed by atoms with Gasteiger partial charge in [-0.2, -0.15) is 4.31 Å². The summed E-state index contributed by atoms with van der Waals surface area (Å²) < 4.78 is 33.2. The first-order valence-electron chi connectivity index (χ1n) is 7.50. The molecular formula is C15H22N2O3S. The molecule has 0 spiro atoms. The Morgan fingerprint density at radius 2 is 1.95 bits per heavy atom. The lowest BCUT2D eigenvalue weighted by Gasteiger charge is -2.35. The number of hydrogen-bond donors (Lipinski definition) is 1. The average Bonchev–Trinajstić information content (AvgIpc) is 2.45. The molecule has 2 heterocycles. The highest BCUT2D eigenvalue weighted by molar-refractivity contribution is 7.89. The minimum atomic E-state index is -3.46. The minimum absolute atomic E-state index is 0.0683. The maximum Gasteiger partial charge on any atom is 0.243 e. The zero-order chi connectivity index (χ0) is 15.0. The molecular weight excluding hydrogens is 288 g/mol.